The molecule has 36 heavy (non-hydrogen) atoms. The Labute approximate surface area is 214 Å². The van der Waals surface area contributed by atoms with Crippen LogP contribution in [0.5, 0.6) is 0 Å². The van der Waals surface area contributed by atoms with Gasteiger partial charge in [-0.3, -0.25) is 4.68 Å². The van der Waals surface area contributed by atoms with E-state index in [0.717, 1.165) is 11.6 Å². The zero-order valence-electron chi connectivity index (χ0n) is 18.9. The topological polar surface area (TPSA) is 61.4 Å². The summed E-state index contributed by atoms with van der Waals surface area (Å²) in [5.74, 6) is -0.228. The number of hydrogen-bond acceptors (Lipinski definition) is 4. The Morgan fingerprint density at radius 2 is 1.39 bits per heavy atom. The highest BCUT2D eigenvalue weighted by Crippen LogP contribution is 2.34. The van der Waals surface area contributed by atoms with Crippen LogP contribution < -0.4 is 0 Å². The summed E-state index contributed by atoms with van der Waals surface area (Å²) >= 11 is 12.1. The van der Waals surface area contributed by atoms with Crippen molar-refractivity contribution in [1.29, 1.82) is 0 Å². The molecule has 0 bridgehead atoms. The zero-order chi connectivity index (χ0) is 25.6. The summed E-state index contributed by atoms with van der Waals surface area (Å²) in [5, 5.41) is 9.90. The highest BCUT2D eigenvalue weighted by atomic mass is 35.5. The highest BCUT2D eigenvalue weighted by molar-refractivity contribution is 6.30. The van der Waals surface area contributed by atoms with Crippen LogP contribution in [0.15, 0.2) is 66.9 Å². The number of alkyl halides is 3. The molecule has 3 heterocycles. The monoisotopic (exact) mass is 528 g/mol. The smallest absolute Gasteiger partial charge is 0.275 e. The Hall–Kier alpha value is -3.69. The second kappa shape index (κ2) is 9.07. The lowest BCUT2D eigenvalue weighted by Gasteiger charge is -2.12. The molecule has 0 spiro atoms. The maximum absolute atomic E-state index is 13.9. The molecule has 11 heteroatoms. The summed E-state index contributed by atoms with van der Waals surface area (Å²) in [5.41, 5.74) is 2.40. The van der Waals surface area contributed by atoms with Crippen molar-refractivity contribution in [3.05, 3.63) is 88.3 Å². The maximum atomic E-state index is 13.9. The van der Waals surface area contributed by atoms with Crippen molar-refractivity contribution < 1.29 is 13.2 Å². The van der Waals surface area contributed by atoms with Gasteiger partial charge in [0.05, 0.1) is 22.8 Å². The standard InChI is InChI=1S/C25H17Cl2F3N6/c1-14-19(13-35(2)33-14)21-12-23(25(28,29)30)32-24(31-21)36-22(16-5-9-18(27)10-6-16)11-20(34-36)15-3-7-17(26)8-4-15/h3-13H,1-2H3. The number of benzene rings is 2. The normalized spacial score (nSPS) is 11.8. The molecule has 0 saturated carbocycles. The first-order valence-corrected chi connectivity index (χ1v) is 11.4. The molecule has 5 rings (SSSR count). The van der Waals surface area contributed by atoms with Crippen LogP contribution in [0.4, 0.5) is 13.2 Å². The minimum absolute atomic E-state index is 0.0866. The molecule has 0 aliphatic heterocycles. The fourth-order valence-corrected chi connectivity index (χ4v) is 4.04. The molecule has 2 aromatic carbocycles. The van der Waals surface area contributed by atoms with Crippen LogP contribution >= 0.6 is 23.2 Å². The lowest BCUT2D eigenvalue weighted by atomic mass is 10.1. The molecule has 182 valence electrons. The van der Waals surface area contributed by atoms with E-state index in [2.05, 4.69) is 20.2 Å². The van der Waals surface area contributed by atoms with E-state index in [1.807, 2.05) is 0 Å². The summed E-state index contributed by atoms with van der Waals surface area (Å²) in [6, 6.07) is 16.5. The number of aromatic nitrogens is 6. The van der Waals surface area contributed by atoms with Crippen LogP contribution in [0.3, 0.4) is 0 Å². The second-order valence-electron chi connectivity index (χ2n) is 8.08. The molecule has 5 aromatic rings. The van der Waals surface area contributed by atoms with E-state index in [-0.39, 0.29) is 11.6 Å². The van der Waals surface area contributed by atoms with E-state index in [0.29, 0.717) is 38.3 Å². The van der Waals surface area contributed by atoms with Gasteiger partial charge in [0.2, 0.25) is 0 Å². The zero-order valence-corrected chi connectivity index (χ0v) is 20.4. The lowest BCUT2D eigenvalue weighted by Crippen LogP contribution is -2.14. The van der Waals surface area contributed by atoms with Crippen molar-refractivity contribution in [2.45, 2.75) is 13.1 Å². The van der Waals surface area contributed by atoms with Crippen molar-refractivity contribution in [1.82, 2.24) is 29.5 Å². The van der Waals surface area contributed by atoms with Gasteiger partial charge in [-0.1, -0.05) is 47.5 Å². The van der Waals surface area contributed by atoms with Crippen molar-refractivity contribution in [2.75, 3.05) is 0 Å². The third-order valence-electron chi connectivity index (χ3n) is 5.47. The molecule has 0 radical (unpaired) electrons. The first-order chi connectivity index (χ1) is 17.1. The quantitative estimate of drug-likeness (QED) is 0.251. The lowest BCUT2D eigenvalue weighted by molar-refractivity contribution is -0.141. The van der Waals surface area contributed by atoms with Crippen molar-refractivity contribution >= 4 is 23.2 Å². The minimum atomic E-state index is -4.70. The van der Waals surface area contributed by atoms with Crippen LogP contribution in [0.2, 0.25) is 10.0 Å². The van der Waals surface area contributed by atoms with E-state index < -0.39 is 11.9 Å². The second-order valence-corrected chi connectivity index (χ2v) is 8.95. The fourth-order valence-electron chi connectivity index (χ4n) is 3.79. The number of aryl methyl sites for hydroxylation is 2. The average Bonchev–Trinajstić information content (AvgIpc) is 3.42. The Morgan fingerprint density at radius 3 is 1.94 bits per heavy atom. The summed E-state index contributed by atoms with van der Waals surface area (Å²) in [4.78, 5) is 8.33. The van der Waals surface area contributed by atoms with Gasteiger partial charge < -0.3 is 0 Å². The van der Waals surface area contributed by atoms with E-state index in [9.17, 15) is 13.2 Å². The predicted molar refractivity (Wildman–Crippen MR) is 132 cm³/mol. The molecule has 0 atom stereocenters. The SMILES string of the molecule is Cc1nn(C)cc1-c1cc(C(F)(F)F)nc(-n2nc(-c3ccc(Cl)cc3)cc2-c2ccc(Cl)cc2)n1. The predicted octanol–water partition coefficient (Wildman–Crippen LogP) is 7.03. The number of halogens is 5. The fraction of sp³-hybridized carbons (Fsp3) is 0.120. The van der Waals surface area contributed by atoms with Crippen LogP contribution in [0.25, 0.3) is 39.7 Å². The number of nitrogens with zero attached hydrogens (tertiary/aromatic N) is 6. The molecule has 0 amide bonds. The van der Waals surface area contributed by atoms with Gasteiger partial charge in [0.1, 0.15) is 0 Å². The first kappa shape index (κ1) is 24.0. The molecule has 0 unspecified atom stereocenters. The van der Waals surface area contributed by atoms with Crippen LogP contribution in [0.1, 0.15) is 11.4 Å². The Morgan fingerprint density at radius 1 is 0.778 bits per heavy atom. The number of hydrogen-bond donors (Lipinski definition) is 0. The minimum Gasteiger partial charge on any atom is -0.275 e. The molecule has 0 fully saturated rings. The van der Waals surface area contributed by atoms with Gasteiger partial charge in [0.15, 0.2) is 5.69 Å². The van der Waals surface area contributed by atoms with E-state index >= 15 is 0 Å². The Kier molecular flexibility index (Phi) is 6.05. The Balaban J connectivity index is 1.76. The van der Waals surface area contributed by atoms with Gasteiger partial charge in [-0.15, -0.1) is 0 Å². The van der Waals surface area contributed by atoms with Crippen LogP contribution in [-0.4, -0.2) is 29.5 Å². The average molecular weight is 529 g/mol. The summed E-state index contributed by atoms with van der Waals surface area (Å²) in [6.45, 7) is 1.70. The van der Waals surface area contributed by atoms with Crippen molar-refractivity contribution in [3.63, 3.8) is 0 Å². The molecular weight excluding hydrogens is 512 g/mol. The molecular formula is C25H17Cl2F3N6. The van der Waals surface area contributed by atoms with Gasteiger partial charge in [-0.05, 0) is 43.3 Å². The van der Waals surface area contributed by atoms with Crippen LogP contribution in [-0.2, 0) is 13.2 Å². The van der Waals surface area contributed by atoms with Gasteiger partial charge in [0, 0.05) is 40.0 Å². The molecule has 3 aromatic heterocycles. The molecule has 0 aliphatic rings. The Bertz CT molecular complexity index is 1550. The first-order valence-electron chi connectivity index (χ1n) is 10.7. The highest BCUT2D eigenvalue weighted by Gasteiger charge is 2.34. The van der Waals surface area contributed by atoms with Crippen molar-refractivity contribution in [3.8, 4) is 39.7 Å². The molecule has 0 aliphatic carbocycles. The maximum Gasteiger partial charge on any atom is 0.433 e. The number of rotatable bonds is 4. The molecule has 0 saturated heterocycles. The summed E-state index contributed by atoms with van der Waals surface area (Å²) in [6.07, 6.45) is -3.08. The summed E-state index contributed by atoms with van der Waals surface area (Å²) < 4.78 is 44.5. The van der Waals surface area contributed by atoms with Gasteiger partial charge in [-0.25, -0.2) is 9.97 Å². The van der Waals surface area contributed by atoms with Gasteiger partial charge >= 0.3 is 6.18 Å². The van der Waals surface area contributed by atoms with Gasteiger partial charge in [-0.2, -0.15) is 28.1 Å². The molecule has 0 N–H and O–H groups in total. The summed E-state index contributed by atoms with van der Waals surface area (Å²) in [7, 11) is 1.69. The van der Waals surface area contributed by atoms with E-state index in [1.165, 1.54) is 9.36 Å². The largest absolute Gasteiger partial charge is 0.433 e. The molecule has 6 nitrogen and oxygen atoms in total. The van der Waals surface area contributed by atoms with E-state index in [4.69, 9.17) is 23.2 Å². The third kappa shape index (κ3) is 4.72. The van der Waals surface area contributed by atoms with Gasteiger partial charge in [0.25, 0.3) is 5.95 Å². The van der Waals surface area contributed by atoms with E-state index in [1.54, 1.807) is 74.8 Å². The third-order valence-corrected chi connectivity index (χ3v) is 5.98. The van der Waals surface area contributed by atoms with Crippen LogP contribution in [0, 0.1) is 6.92 Å². The van der Waals surface area contributed by atoms with Crippen molar-refractivity contribution in [2.24, 2.45) is 7.05 Å².